The minimum atomic E-state index is -0.966. The van der Waals surface area contributed by atoms with Gasteiger partial charge in [-0.1, -0.05) is 45.1 Å². The average molecular weight is 352 g/mol. The number of nitrogens with zero attached hydrogens (tertiary/aromatic N) is 3. The molecule has 26 heavy (non-hydrogen) atoms. The number of carbonyl (C=O) groups is 1. The molecule has 0 saturated heterocycles. The number of pyridine rings is 1. The number of hydrogen-bond acceptors (Lipinski definition) is 4. The lowest BCUT2D eigenvalue weighted by atomic mass is 9.65. The lowest BCUT2D eigenvalue weighted by Crippen LogP contribution is -2.51. The number of primary amides is 1. The number of hydrogen-bond donors (Lipinski definition) is 3. The molecular formula is C19H24N6O. The van der Waals surface area contributed by atoms with Crippen molar-refractivity contribution in [1.29, 1.82) is 5.26 Å². The van der Waals surface area contributed by atoms with Crippen LogP contribution < -0.4 is 16.4 Å². The van der Waals surface area contributed by atoms with Gasteiger partial charge in [-0.05, 0) is 24.0 Å². The van der Waals surface area contributed by atoms with Crippen LogP contribution in [0.2, 0.25) is 0 Å². The van der Waals surface area contributed by atoms with Crippen molar-refractivity contribution in [2.75, 3.05) is 5.32 Å². The zero-order valence-corrected chi connectivity index (χ0v) is 15.2. The van der Waals surface area contributed by atoms with E-state index in [4.69, 9.17) is 16.0 Å². The SMILES string of the molecule is CC(C)(C)C(N=C(NC#N)Nc1cccnc1)C1(C(N)=O)C=CC=CC1. The first-order chi connectivity index (χ1) is 12.3. The van der Waals surface area contributed by atoms with Crippen molar-refractivity contribution in [3.8, 4) is 6.19 Å². The van der Waals surface area contributed by atoms with Crippen LogP contribution in [0.25, 0.3) is 0 Å². The molecule has 0 aromatic carbocycles. The number of aromatic nitrogens is 1. The summed E-state index contributed by atoms with van der Waals surface area (Å²) < 4.78 is 0. The highest BCUT2D eigenvalue weighted by molar-refractivity contribution is 5.95. The highest BCUT2D eigenvalue weighted by atomic mass is 16.1. The van der Waals surface area contributed by atoms with Crippen LogP contribution in [-0.2, 0) is 4.79 Å². The summed E-state index contributed by atoms with van der Waals surface area (Å²) in [6.07, 6.45) is 13.0. The lowest BCUT2D eigenvalue weighted by Gasteiger charge is -2.41. The number of guanidine groups is 1. The fourth-order valence-corrected chi connectivity index (χ4v) is 3.09. The van der Waals surface area contributed by atoms with Gasteiger partial charge in [0.1, 0.15) is 0 Å². The summed E-state index contributed by atoms with van der Waals surface area (Å²) in [5.74, 6) is -0.205. The second-order valence-electron chi connectivity index (χ2n) is 7.25. The lowest BCUT2D eigenvalue weighted by molar-refractivity contribution is -0.127. The second kappa shape index (κ2) is 7.83. The first-order valence-electron chi connectivity index (χ1n) is 8.34. The van der Waals surface area contributed by atoms with E-state index in [9.17, 15) is 4.79 Å². The Bertz CT molecular complexity index is 769. The maximum Gasteiger partial charge on any atom is 0.229 e. The molecule has 0 fully saturated rings. The molecule has 7 heteroatoms. The number of carbonyl (C=O) groups excluding carboxylic acids is 1. The van der Waals surface area contributed by atoms with Gasteiger partial charge in [0, 0.05) is 6.20 Å². The summed E-state index contributed by atoms with van der Waals surface area (Å²) in [5.41, 5.74) is 5.12. The van der Waals surface area contributed by atoms with Crippen molar-refractivity contribution in [3.05, 3.63) is 48.8 Å². The van der Waals surface area contributed by atoms with E-state index in [2.05, 4.69) is 15.6 Å². The Kier molecular flexibility index (Phi) is 5.78. The van der Waals surface area contributed by atoms with Crippen LogP contribution in [0.4, 0.5) is 5.69 Å². The topological polar surface area (TPSA) is 116 Å². The van der Waals surface area contributed by atoms with Gasteiger partial charge in [0.05, 0.1) is 23.3 Å². The fourth-order valence-electron chi connectivity index (χ4n) is 3.09. The molecule has 2 rings (SSSR count). The molecule has 2 atom stereocenters. The van der Waals surface area contributed by atoms with E-state index in [0.717, 1.165) is 0 Å². The molecule has 2 unspecified atom stereocenters. The third-order valence-electron chi connectivity index (χ3n) is 4.22. The normalized spacial score (nSPS) is 20.9. The van der Waals surface area contributed by atoms with Crippen LogP contribution in [0.1, 0.15) is 27.2 Å². The Morgan fingerprint density at radius 2 is 2.23 bits per heavy atom. The van der Waals surface area contributed by atoms with Crippen LogP contribution in [0.3, 0.4) is 0 Å². The van der Waals surface area contributed by atoms with Crippen LogP contribution in [0, 0.1) is 22.3 Å². The van der Waals surface area contributed by atoms with Gasteiger partial charge in [-0.25, -0.2) is 4.99 Å². The summed E-state index contributed by atoms with van der Waals surface area (Å²) in [5, 5.41) is 14.7. The van der Waals surface area contributed by atoms with E-state index in [1.54, 1.807) is 24.5 Å². The number of anilines is 1. The van der Waals surface area contributed by atoms with E-state index >= 15 is 0 Å². The smallest absolute Gasteiger partial charge is 0.229 e. The molecule has 1 aromatic heterocycles. The van der Waals surface area contributed by atoms with E-state index in [0.29, 0.717) is 12.1 Å². The molecule has 7 nitrogen and oxygen atoms in total. The Balaban J connectivity index is 2.48. The zero-order chi connectivity index (χ0) is 19.2. The van der Waals surface area contributed by atoms with Crippen molar-refractivity contribution in [3.63, 3.8) is 0 Å². The van der Waals surface area contributed by atoms with Gasteiger partial charge in [-0.3, -0.25) is 15.1 Å². The van der Waals surface area contributed by atoms with E-state index in [-0.39, 0.29) is 11.4 Å². The summed E-state index contributed by atoms with van der Waals surface area (Å²) in [6.45, 7) is 5.98. The van der Waals surface area contributed by atoms with Crippen molar-refractivity contribution in [1.82, 2.24) is 10.3 Å². The molecular weight excluding hydrogens is 328 g/mol. The Hall–Kier alpha value is -3.14. The average Bonchev–Trinajstić information content (AvgIpc) is 2.60. The highest BCUT2D eigenvalue weighted by Gasteiger charge is 2.47. The van der Waals surface area contributed by atoms with Crippen molar-refractivity contribution in [2.24, 2.45) is 21.6 Å². The molecule has 1 heterocycles. The summed E-state index contributed by atoms with van der Waals surface area (Å²) >= 11 is 0. The third-order valence-corrected chi connectivity index (χ3v) is 4.22. The molecule has 1 aliphatic carbocycles. The molecule has 1 aromatic rings. The number of nitrogens with one attached hydrogen (secondary N) is 2. The quantitative estimate of drug-likeness (QED) is 0.333. The molecule has 136 valence electrons. The fraction of sp³-hybridized carbons (Fsp3) is 0.368. The predicted octanol–water partition coefficient (Wildman–Crippen LogP) is 2.32. The molecule has 0 aliphatic heterocycles. The van der Waals surface area contributed by atoms with E-state index in [1.165, 1.54) is 0 Å². The number of nitrogens with two attached hydrogens (primary N) is 1. The van der Waals surface area contributed by atoms with Gasteiger partial charge in [-0.15, -0.1) is 0 Å². The number of aliphatic imine (C=N–C) groups is 1. The number of allylic oxidation sites excluding steroid dienone is 3. The molecule has 1 aliphatic rings. The highest BCUT2D eigenvalue weighted by Crippen LogP contribution is 2.42. The maximum atomic E-state index is 12.4. The predicted molar refractivity (Wildman–Crippen MR) is 102 cm³/mol. The zero-order valence-electron chi connectivity index (χ0n) is 15.2. The van der Waals surface area contributed by atoms with Gasteiger partial charge in [-0.2, -0.15) is 5.26 Å². The first-order valence-corrected chi connectivity index (χ1v) is 8.34. The largest absolute Gasteiger partial charge is 0.369 e. The van der Waals surface area contributed by atoms with Crippen LogP contribution in [-0.4, -0.2) is 22.9 Å². The van der Waals surface area contributed by atoms with Gasteiger partial charge in [0.2, 0.25) is 11.9 Å². The number of rotatable bonds is 4. The minimum absolute atomic E-state index is 0.240. The molecule has 0 saturated carbocycles. The summed E-state index contributed by atoms with van der Waals surface area (Å²) in [4.78, 5) is 21.2. The molecule has 1 amide bonds. The monoisotopic (exact) mass is 352 g/mol. The summed E-state index contributed by atoms with van der Waals surface area (Å²) in [6, 6.07) is 3.09. The number of nitriles is 1. The van der Waals surface area contributed by atoms with Crippen LogP contribution in [0.15, 0.2) is 53.8 Å². The van der Waals surface area contributed by atoms with Crippen molar-refractivity contribution in [2.45, 2.75) is 33.2 Å². The second-order valence-corrected chi connectivity index (χ2v) is 7.25. The molecule has 0 radical (unpaired) electrons. The first kappa shape index (κ1) is 19.2. The molecule has 4 N–H and O–H groups in total. The third kappa shape index (κ3) is 4.28. The van der Waals surface area contributed by atoms with Gasteiger partial charge >= 0.3 is 0 Å². The maximum absolute atomic E-state index is 12.4. The Morgan fingerprint density at radius 1 is 1.46 bits per heavy atom. The van der Waals surface area contributed by atoms with Crippen LogP contribution >= 0.6 is 0 Å². The minimum Gasteiger partial charge on any atom is -0.369 e. The van der Waals surface area contributed by atoms with Crippen molar-refractivity contribution >= 4 is 17.6 Å². The van der Waals surface area contributed by atoms with Crippen LogP contribution in [0.5, 0.6) is 0 Å². The number of amides is 1. The summed E-state index contributed by atoms with van der Waals surface area (Å²) in [7, 11) is 0. The Morgan fingerprint density at radius 3 is 2.73 bits per heavy atom. The molecule has 0 spiro atoms. The van der Waals surface area contributed by atoms with Gasteiger partial charge in [0.15, 0.2) is 6.19 Å². The van der Waals surface area contributed by atoms with E-state index < -0.39 is 17.4 Å². The standard InChI is InChI=1S/C19H24N6O/c1-18(2,3)15(19(16(21)26)9-5-4-6-10-19)25-17(23-13-20)24-14-8-7-11-22-12-14/h4-9,11-12,15H,10H2,1-3H3,(H2,21,26)(H2,23,24,25). The van der Waals surface area contributed by atoms with Gasteiger partial charge in [0.25, 0.3) is 0 Å². The van der Waals surface area contributed by atoms with Crippen molar-refractivity contribution < 1.29 is 4.79 Å². The Labute approximate surface area is 153 Å². The van der Waals surface area contributed by atoms with Gasteiger partial charge < -0.3 is 11.1 Å². The van der Waals surface area contributed by atoms with E-state index in [1.807, 2.05) is 51.3 Å². The molecule has 0 bridgehead atoms.